The Hall–Kier alpha value is -1.92. The van der Waals surface area contributed by atoms with Crippen LogP contribution in [0.2, 0.25) is 0 Å². The zero-order valence-electron chi connectivity index (χ0n) is 14.5. The number of nitrogens with two attached hydrogens (primary N) is 1. The van der Waals surface area contributed by atoms with E-state index >= 15 is 0 Å². The quantitative estimate of drug-likeness (QED) is 0.863. The normalized spacial score (nSPS) is 11.9. The van der Waals surface area contributed by atoms with Crippen LogP contribution in [0.4, 0.5) is 0 Å². The monoisotopic (exact) mass is 352 g/mol. The molecule has 2 aromatic rings. The molecular weight excluding hydrogens is 328 g/mol. The first-order valence-corrected chi connectivity index (χ1v) is 7.81. The van der Waals surface area contributed by atoms with Crippen LogP contribution in [0.5, 0.6) is 0 Å². The Bertz CT molecular complexity index is 672. The van der Waals surface area contributed by atoms with Gasteiger partial charge in [0.05, 0.1) is 11.1 Å². The Kier molecular flexibility index (Phi) is 7.38. The first kappa shape index (κ1) is 20.1. The molecule has 0 aliphatic carbocycles. The van der Waals surface area contributed by atoms with Crippen molar-refractivity contribution in [3.05, 3.63) is 35.7 Å². The Balaban J connectivity index is 0.00000288. The smallest absolute Gasteiger partial charge is 0.258 e. The van der Waals surface area contributed by atoms with Crippen molar-refractivity contribution in [3.63, 3.8) is 0 Å². The lowest BCUT2D eigenvalue weighted by Crippen LogP contribution is -2.34. The van der Waals surface area contributed by atoms with Gasteiger partial charge in [0, 0.05) is 19.6 Å². The fraction of sp³-hybridized carbons (Fsp3) is 0.471. The average Bonchev–Trinajstić information content (AvgIpc) is 2.97. The highest BCUT2D eigenvalue weighted by Gasteiger charge is 2.20. The second-order valence-electron chi connectivity index (χ2n) is 6.12. The lowest BCUT2D eigenvalue weighted by molar-refractivity contribution is 0.0789. The SMILES string of the molecule is Cc1noc(-c2ccccc2C(=O)N(C)CCC(N)C(C)C)n1.Cl. The summed E-state index contributed by atoms with van der Waals surface area (Å²) in [6.45, 7) is 6.52. The number of carbonyl (C=O) groups excluding carboxylic acids is 1. The molecule has 132 valence electrons. The number of halogens is 1. The molecule has 0 saturated heterocycles. The molecule has 0 fully saturated rings. The molecule has 1 atom stereocenters. The third kappa shape index (κ3) is 4.79. The lowest BCUT2D eigenvalue weighted by atomic mass is 10.0. The summed E-state index contributed by atoms with van der Waals surface area (Å²) >= 11 is 0. The summed E-state index contributed by atoms with van der Waals surface area (Å²) in [6, 6.07) is 7.34. The summed E-state index contributed by atoms with van der Waals surface area (Å²) in [5.41, 5.74) is 7.26. The molecule has 6 nitrogen and oxygen atoms in total. The van der Waals surface area contributed by atoms with Gasteiger partial charge in [-0.25, -0.2) is 0 Å². The van der Waals surface area contributed by atoms with Crippen molar-refractivity contribution in [2.75, 3.05) is 13.6 Å². The number of aromatic nitrogens is 2. The molecule has 1 heterocycles. The number of nitrogens with zero attached hydrogens (tertiary/aromatic N) is 3. The minimum absolute atomic E-state index is 0. The molecule has 0 bridgehead atoms. The Morgan fingerprint density at radius 2 is 2.00 bits per heavy atom. The van der Waals surface area contributed by atoms with E-state index in [2.05, 4.69) is 24.0 Å². The molecular formula is C17H25ClN4O2. The maximum Gasteiger partial charge on any atom is 0.258 e. The van der Waals surface area contributed by atoms with Gasteiger partial charge in [-0.15, -0.1) is 12.4 Å². The molecule has 7 heteroatoms. The van der Waals surface area contributed by atoms with Gasteiger partial charge in [0.1, 0.15) is 0 Å². The molecule has 0 spiro atoms. The summed E-state index contributed by atoms with van der Waals surface area (Å²) in [4.78, 5) is 18.6. The van der Waals surface area contributed by atoms with Gasteiger partial charge in [0.2, 0.25) is 0 Å². The first-order valence-electron chi connectivity index (χ1n) is 7.81. The molecule has 0 aliphatic rings. The topological polar surface area (TPSA) is 85.2 Å². The standard InChI is InChI=1S/C17H24N4O2.ClH/c1-11(2)15(18)9-10-21(4)17(22)14-8-6-5-7-13(14)16-19-12(3)20-23-16;/h5-8,11,15H,9-10,18H2,1-4H3;1H. The van der Waals surface area contributed by atoms with E-state index in [1.165, 1.54) is 0 Å². The molecule has 1 aromatic heterocycles. The van der Waals surface area contributed by atoms with E-state index in [0.717, 1.165) is 6.42 Å². The van der Waals surface area contributed by atoms with Crippen LogP contribution in [-0.2, 0) is 0 Å². The van der Waals surface area contributed by atoms with E-state index in [4.69, 9.17) is 10.3 Å². The number of rotatable bonds is 6. The second-order valence-corrected chi connectivity index (χ2v) is 6.12. The third-order valence-electron chi connectivity index (χ3n) is 3.92. The number of carbonyl (C=O) groups is 1. The molecule has 0 saturated carbocycles. The number of benzene rings is 1. The highest BCUT2D eigenvalue weighted by atomic mass is 35.5. The molecule has 0 radical (unpaired) electrons. The van der Waals surface area contributed by atoms with Crippen LogP contribution in [-0.4, -0.2) is 40.6 Å². The highest BCUT2D eigenvalue weighted by Crippen LogP contribution is 2.23. The number of hydrogen-bond acceptors (Lipinski definition) is 5. The van der Waals surface area contributed by atoms with E-state index in [0.29, 0.717) is 35.3 Å². The summed E-state index contributed by atoms with van der Waals surface area (Å²) in [5, 5.41) is 3.79. The third-order valence-corrected chi connectivity index (χ3v) is 3.92. The minimum Gasteiger partial charge on any atom is -0.342 e. The van der Waals surface area contributed by atoms with Crippen LogP contribution >= 0.6 is 12.4 Å². The van der Waals surface area contributed by atoms with Gasteiger partial charge in [-0.2, -0.15) is 4.98 Å². The van der Waals surface area contributed by atoms with Crippen molar-refractivity contribution in [2.24, 2.45) is 11.7 Å². The largest absolute Gasteiger partial charge is 0.342 e. The molecule has 1 unspecified atom stereocenters. The lowest BCUT2D eigenvalue weighted by Gasteiger charge is -2.22. The zero-order chi connectivity index (χ0) is 17.0. The van der Waals surface area contributed by atoms with Gasteiger partial charge in [-0.1, -0.05) is 31.1 Å². The van der Waals surface area contributed by atoms with E-state index in [9.17, 15) is 4.79 Å². The fourth-order valence-corrected chi connectivity index (χ4v) is 2.25. The van der Waals surface area contributed by atoms with Gasteiger partial charge < -0.3 is 15.2 Å². The van der Waals surface area contributed by atoms with Crippen LogP contribution in [0.15, 0.2) is 28.8 Å². The van der Waals surface area contributed by atoms with Crippen molar-refractivity contribution in [3.8, 4) is 11.5 Å². The summed E-state index contributed by atoms with van der Waals surface area (Å²) in [7, 11) is 1.78. The predicted molar refractivity (Wildman–Crippen MR) is 96.1 cm³/mol. The summed E-state index contributed by atoms with van der Waals surface area (Å²) in [5.74, 6) is 1.22. The number of amides is 1. The van der Waals surface area contributed by atoms with Crippen LogP contribution in [0, 0.1) is 12.8 Å². The van der Waals surface area contributed by atoms with Crippen LogP contribution in [0.25, 0.3) is 11.5 Å². The van der Waals surface area contributed by atoms with Gasteiger partial charge in [0.15, 0.2) is 5.82 Å². The second kappa shape index (κ2) is 8.80. The first-order chi connectivity index (χ1) is 10.9. The van der Waals surface area contributed by atoms with Gasteiger partial charge in [-0.3, -0.25) is 4.79 Å². The average molecular weight is 353 g/mol. The molecule has 24 heavy (non-hydrogen) atoms. The van der Waals surface area contributed by atoms with E-state index < -0.39 is 0 Å². The predicted octanol–water partition coefficient (Wildman–Crippen LogP) is 2.91. The number of hydrogen-bond donors (Lipinski definition) is 1. The van der Waals surface area contributed by atoms with Gasteiger partial charge in [0.25, 0.3) is 11.8 Å². The highest BCUT2D eigenvalue weighted by molar-refractivity contribution is 5.99. The molecule has 1 aromatic carbocycles. The van der Waals surface area contributed by atoms with E-state index in [1.807, 2.05) is 18.2 Å². The maximum absolute atomic E-state index is 12.7. The van der Waals surface area contributed by atoms with Gasteiger partial charge in [-0.05, 0) is 31.4 Å². The van der Waals surface area contributed by atoms with Crippen LogP contribution < -0.4 is 5.73 Å². The van der Waals surface area contributed by atoms with Crippen molar-refractivity contribution in [1.82, 2.24) is 15.0 Å². The zero-order valence-corrected chi connectivity index (χ0v) is 15.3. The fourth-order valence-electron chi connectivity index (χ4n) is 2.25. The van der Waals surface area contributed by atoms with E-state index in [1.54, 1.807) is 24.9 Å². The molecule has 2 rings (SSSR count). The van der Waals surface area contributed by atoms with Crippen molar-refractivity contribution in [2.45, 2.75) is 33.2 Å². The van der Waals surface area contributed by atoms with Crippen LogP contribution in [0.3, 0.4) is 0 Å². The maximum atomic E-state index is 12.7. The van der Waals surface area contributed by atoms with Crippen molar-refractivity contribution in [1.29, 1.82) is 0 Å². The summed E-state index contributed by atoms with van der Waals surface area (Å²) in [6.07, 6.45) is 0.766. The van der Waals surface area contributed by atoms with Gasteiger partial charge >= 0.3 is 0 Å². The Morgan fingerprint density at radius 1 is 1.33 bits per heavy atom. The number of aryl methyl sites for hydroxylation is 1. The van der Waals surface area contributed by atoms with Crippen molar-refractivity contribution >= 4 is 18.3 Å². The molecule has 1 amide bonds. The molecule has 2 N–H and O–H groups in total. The molecule has 0 aliphatic heterocycles. The summed E-state index contributed by atoms with van der Waals surface area (Å²) < 4.78 is 5.20. The Labute approximate surface area is 148 Å². The van der Waals surface area contributed by atoms with E-state index in [-0.39, 0.29) is 24.4 Å². The Morgan fingerprint density at radius 3 is 2.58 bits per heavy atom. The van der Waals surface area contributed by atoms with Crippen molar-refractivity contribution < 1.29 is 9.32 Å². The minimum atomic E-state index is -0.0765. The van der Waals surface area contributed by atoms with Crippen LogP contribution in [0.1, 0.15) is 36.5 Å².